The molecule has 0 spiro atoms. The van der Waals surface area contributed by atoms with Crippen LogP contribution >= 0.6 is 0 Å². The minimum Gasteiger partial charge on any atom is -0.366 e. The predicted molar refractivity (Wildman–Crippen MR) is 90.2 cm³/mol. The minimum absolute atomic E-state index is 0.264. The molecule has 0 radical (unpaired) electrons. The molecule has 0 fully saturated rings. The standard InChI is InChI=1S/C18H17FN4/c1-13-21-17(20-12-14-5-3-2-4-6-14)11-18(22-13)23-16-9-7-15(19)8-10-16/h2-11H,12H2,1H3,(H2,20,21,22,23). The molecule has 0 amide bonds. The van der Waals surface area contributed by atoms with E-state index in [4.69, 9.17) is 0 Å². The number of hydrogen-bond acceptors (Lipinski definition) is 4. The Hall–Kier alpha value is -2.95. The average molecular weight is 308 g/mol. The van der Waals surface area contributed by atoms with Crippen LogP contribution in [0.5, 0.6) is 0 Å². The maximum absolute atomic E-state index is 13.0. The zero-order chi connectivity index (χ0) is 16.1. The van der Waals surface area contributed by atoms with E-state index in [1.54, 1.807) is 12.1 Å². The molecule has 0 saturated heterocycles. The molecule has 1 heterocycles. The molecule has 1 aromatic heterocycles. The number of benzene rings is 2. The molecule has 0 aliphatic carbocycles. The molecule has 116 valence electrons. The van der Waals surface area contributed by atoms with Gasteiger partial charge in [-0.3, -0.25) is 0 Å². The normalized spacial score (nSPS) is 10.3. The third-order valence-electron chi connectivity index (χ3n) is 3.27. The van der Waals surface area contributed by atoms with Gasteiger partial charge in [-0.1, -0.05) is 30.3 Å². The van der Waals surface area contributed by atoms with Crippen LogP contribution in [0.15, 0.2) is 60.7 Å². The van der Waals surface area contributed by atoms with Crippen LogP contribution in [0.1, 0.15) is 11.4 Å². The van der Waals surface area contributed by atoms with Crippen molar-refractivity contribution in [3.05, 3.63) is 77.9 Å². The third kappa shape index (κ3) is 4.26. The number of aromatic nitrogens is 2. The summed E-state index contributed by atoms with van der Waals surface area (Å²) in [5.74, 6) is 1.80. The van der Waals surface area contributed by atoms with Crippen molar-refractivity contribution in [1.29, 1.82) is 0 Å². The van der Waals surface area contributed by atoms with E-state index in [9.17, 15) is 4.39 Å². The topological polar surface area (TPSA) is 49.8 Å². The molecule has 0 atom stereocenters. The van der Waals surface area contributed by atoms with Crippen LogP contribution < -0.4 is 10.6 Å². The second-order valence-electron chi connectivity index (χ2n) is 5.16. The number of nitrogens with one attached hydrogen (secondary N) is 2. The highest BCUT2D eigenvalue weighted by molar-refractivity contribution is 5.59. The number of hydrogen-bond donors (Lipinski definition) is 2. The Morgan fingerprint density at radius 2 is 1.61 bits per heavy atom. The quantitative estimate of drug-likeness (QED) is 0.738. The Morgan fingerprint density at radius 1 is 0.913 bits per heavy atom. The molecular formula is C18H17FN4. The number of nitrogens with zero attached hydrogens (tertiary/aromatic N) is 2. The number of anilines is 3. The van der Waals surface area contributed by atoms with E-state index >= 15 is 0 Å². The Balaban J connectivity index is 1.72. The zero-order valence-corrected chi connectivity index (χ0v) is 12.8. The van der Waals surface area contributed by atoms with Crippen molar-refractivity contribution in [2.45, 2.75) is 13.5 Å². The highest BCUT2D eigenvalue weighted by atomic mass is 19.1. The molecule has 23 heavy (non-hydrogen) atoms. The summed E-state index contributed by atoms with van der Waals surface area (Å²) in [6.45, 7) is 2.52. The van der Waals surface area contributed by atoms with E-state index in [0.29, 0.717) is 18.2 Å². The summed E-state index contributed by atoms with van der Waals surface area (Å²) < 4.78 is 13.0. The fourth-order valence-corrected chi connectivity index (χ4v) is 2.19. The Labute approximate surface area is 134 Å². The van der Waals surface area contributed by atoms with Gasteiger partial charge in [-0.05, 0) is 36.8 Å². The van der Waals surface area contributed by atoms with E-state index in [1.807, 2.05) is 31.2 Å². The number of halogens is 1. The van der Waals surface area contributed by atoms with E-state index in [-0.39, 0.29) is 5.82 Å². The van der Waals surface area contributed by atoms with Crippen LogP contribution in [0, 0.1) is 12.7 Å². The number of aryl methyl sites for hydroxylation is 1. The van der Waals surface area contributed by atoms with Gasteiger partial charge in [-0.15, -0.1) is 0 Å². The summed E-state index contributed by atoms with van der Waals surface area (Å²) in [6, 6.07) is 18.1. The number of rotatable bonds is 5. The lowest BCUT2D eigenvalue weighted by molar-refractivity contribution is 0.628. The zero-order valence-electron chi connectivity index (χ0n) is 12.8. The first-order valence-corrected chi connectivity index (χ1v) is 7.35. The Kier molecular flexibility index (Phi) is 4.47. The minimum atomic E-state index is -0.264. The van der Waals surface area contributed by atoms with Gasteiger partial charge in [0.15, 0.2) is 0 Å². The van der Waals surface area contributed by atoms with E-state index in [0.717, 1.165) is 11.5 Å². The Morgan fingerprint density at radius 3 is 2.35 bits per heavy atom. The molecule has 4 nitrogen and oxygen atoms in total. The average Bonchev–Trinajstić information content (AvgIpc) is 2.56. The second-order valence-corrected chi connectivity index (χ2v) is 5.16. The molecule has 0 bridgehead atoms. The first-order chi connectivity index (χ1) is 11.2. The van der Waals surface area contributed by atoms with E-state index in [2.05, 4.69) is 32.7 Å². The van der Waals surface area contributed by atoms with Crippen LogP contribution in [0.3, 0.4) is 0 Å². The van der Waals surface area contributed by atoms with Crippen molar-refractivity contribution in [1.82, 2.24) is 9.97 Å². The molecular weight excluding hydrogens is 291 g/mol. The van der Waals surface area contributed by atoms with Gasteiger partial charge in [0.05, 0.1) is 0 Å². The van der Waals surface area contributed by atoms with E-state index < -0.39 is 0 Å². The van der Waals surface area contributed by atoms with Crippen LogP contribution in [-0.4, -0.2) is 9.97 Å². The van der Waals surface area contributed by atoms with Crippen LogP contribution in [0.2, 0.25) is 0 Å². The molecule has 0 unspecified atom stereocenters. The molecule has 0 aliphatic rings. The van der Waals surface area contributed by atoms with Gasteiger partial charge in [0.25, 0.3) is 0 Å². The monoisotopic (exact) mass is 308 g/mol. The lowest BCUT2D eigenvalue weighted by Gasteiger charge is -2.10. The summed E-state index contributed by atoms with van der Waals surface area (Å²) >= 11 is 0. The first kappa shape index (κ1) is 15.0. The van der Waals surface area contributed by atoms with Crippen molar-refractivity contribution in [3.8, 4) is 0 Å². The van der Waals surface area contributed by atoms with Crippen molar-refractivity contribution in [2.75, 3.05) is 10.6 Å². The maximum atomic E-state index is 13.0. The van der Waals surface area contributed by atoms with Crippen molar-refractivity contribution in [2.24, 2.45) is 0 Å². The molecule has 2 N–H and O–H groups in total. The lowest BCUT2D eigenvalue weighted by Crippen LogP contribution is -2.05. The van der Waals surface area contributed by atoms with Crippen LogP contribution in [-0.2, 0) is 6.54 Å². The molecule has 0 saturated carbocycles. The fourth-order valence-electron chi connectivity index (χ4n) is 2.19. The van der Waals surface area contributed by atoms with Gasteiger partial charge in [0.1, 0.15) is 23.3 Å². The molecule has 0 aliphatic heterocycles. The smallest absolute Gasteiger partial charge is 0.136 e. The van der Waals surface area contributed by atoms with Gasteiger partial charge in [0.2, 0.25) is 0 Å². The first-order valence-electron chi connectivity index (χ1n) is 7.35. The molecule has 5 heteroatoms. The van der Waals surface area contributed by atoms with Gasteiger partial charge < -0.3 is 10.6 Å². The summed E-state index contributed by atoms with van der Waals surface area (Å²) in [5.41, 5.74) is 1.95. The van der Waals surface area contributed by atoms with Gasteiger partial charge in [-0.25, -0.2) is 14.4 Å². The summed E-state index contributed by atoms with van der Waals surface area (Å²) in [4.78, 5) is 8.73. The van der Waals surface area contributed by atoms with Crippen molar-refractivity contribution >= 4 is 17.3 Å². The molecule has 2 aromatic carbocycles. The molecule has 3 rings (SSSR count). The summed E-state index contributed by atoms with van der Waals surface area (Å²) in [7, 11) is 0. The van der Waals surface area contributed by atoms with E-state index in [1.165, 1.54) is 17.7 Å². The lowest BCUT2D eigenvalue weighted by atomic mass is 10.2. The van der Waals surface area contributed by atoms with Gasteiger partial charge in [0, 0.05) is 18.3 Å². The SMILES string of the molecule is Cc1nc(NCc2ccccc2)cc(Nc2ccc(F)cc2)n1. The highest BCUT2D eigenvalue weighted by Gasteiger charge is 2.03. The summed E-state index contributed by atoms with van der Waals surface area (Å²) in [6.07, 6.45) is 0. The largest absolute Gasteiger partial charge is 0.366 e. The van der Waals surface area contributed by atoms with Crippen molar-refractivity contribution in [3.63, 3.8) is 0 Å². The van der Waals surface area contributed by atoms with Crippen molar-refractivity contribution < 1.29 is 4.39 Å². The Bertz CT molecular complexity index is 773. The fraction of sp³-hybridized carbons (Fsp3) is 0.111. The second kappa shape index (κ2) is 6.87. The highest BCUT2D eigenvalue weighted by Crippen LogP contribution is 2.18. The summed E-state index contributed by atoms with van der Waals surface area (Å²) in [5, 5.41) is 6.44. The molecule has 3 aromatic rings. The van der Waals surface area contributed by atoms with Crippen LogP contribution in [0.4, 0.5) is 21.7 Å². The van der Waals surface area contributed by atoms with Gasteiger partial charge in [-0.2, -0.15) is 0 Å². The maximum Gasteiger partial charge on any atom is 0.136 e. The predicted octanol–water partition coefficient (Wildman–Crippen LogP) is 4.28. The van der Waals surface area contributed by atoms with Gasteiger partial charge >= 0.3 is 0 Å². The third-order valence-corrected chi connectivity index (χ3v) is 3.27. The van der Waals surface area contributed by atoms with Crippen LogP contribution in [0.25, 0.3) is 0 Å².